The molecule has 1 saturated heterocycles. The Morgan fingerprint density at radius 3 is 2.38 bits per heavy atom. The summed E-state index contributed by atoms with van der Waals surface area (Å²) in [5.41, 5.74) is 0.470. The van der Waals surface area contributed by atoms with Gasteiger partial charge in [0.1, 0.15) is 6.54 Å². The summed E-state index contributed by atoms with van der Waals surface area (Å²) in [6.07, 6.45) is 3.05. The van der Waals surface area contributed by atoms with Gasteiger partial charge < -0.3 is 15.0 Å². The minimum absolute atomic E-state index is 0.165. The molecule has 6 heteroatoms. The van der Waals surface area contributed by atoms with Crippen molar-refractivity contribution in [3.63, 3.8) is 0 Å². The number of hydrogen-bond acceptors (Lipinski definition) is 4. The van der Waals surface area contributed by atoms with E-state index in [-0.39, 0.29) is 37.0 Å². The van der Waals surface area contributed by atoms with Crippen LogP contribution in [0.15, 0.2) is 30.3 Å². The van der Waals surface area contributed by atoms with Crippen molar-refractivity contribution in [2.24, 2.45) is 0 Å². The molecule has 1 aromatic rings. The van der Waals surface area contributed by atoms with E-state index >= 15 is 0 Å². The fourth-order valence-corrected chi connectivity index (χ4v) is 3.02. The fraction of sp³-hybridized carbons (Fsp3) is 0.500. The Balaban J connectivity index is 1.74. The van der Waals surface area contributed by atoms with Gasteiger partial charge in [-0.25, -0.2) is 0 Å². The molecule has 0 radical (unpaired) electrons. The van der Waals surface area contributed by atoms with Crippen molar-refractivity contribution in [3.8, 4) is 0 Å². The lowest BCUT2D eigenvalue weighted by atomic mass is 9.97. The van der Waals surface area contributed by atoms with Gasteiger partial charge in [0.25, 0.3) is 11.8 Å². The molecule has 2 atom stereocenters. The Morgan fingerprint density at radius 1 is 1.12 bits per heavy atom. The van der Waals surface area contributed by atoms with Gasteiger partial charge in [-0.05, 0) is 45.2 Å². The van der Waals surface area contributed by atoms with Gasteiger partial charge >= 0.3 is 5.97 Å². The number of likely N-dealkylation sites (tertiary alicyclic amines) is 1. The molecule has 1 heterocycles. The number of ether oxygens (including phenoxy) is 1. The molecule has 0 unspecified atom stereocenters. The second-order valence-electron chi connectivity index (χ2n) is 6.14. The zero-order valence-electron chi connectivity index (χ0n) is 14.2. The van der Waals surface area contributed by atoms with Gasteiger partial charge in [-0.2, -0.15) is 0 Å². The molecule has 0 saturated carbocycles. The second-order valence-corrected chi connectivity index (χ2v) is 6.14. The van der Waals surface area contributed by atoms with Crippen LogP contribution >= 0.6 is 0 Å². The number of esters is 1. The summed E-state index contributed by atoms with van der Waals surface area (Å²) in [7, 11) is 0. The Hall–Kier alpha value is -2.37. The highest BCUT2D eigenvalue weighted by molar-refractivity contribution is 5.96. The van der Waals surface area contributed by atoms with Crippen molar-refractivity contribution in [3.05, 3.63) is 35.9 Å². The van der Waals surface area contributed by atoms with Crippen molar-refractivity contribution in [2.75, 3.05) is 13.2 Å². The summed E-state index contributed by atoms with van der Waals surface area (Å²) >= 11 is 0. The van der Waals surface area contributed by atoms with Crippen molar-refractivity contribution in [2.45, 2.75) is 45.2 Å². The number of carbonyl (C=O) groups is 3. The van der Waals surface area contributed by atoms with Crippen LogP contribution in [0.2, 0.25) is 0 Å². The van der Waals surface area contributed by atoms with Crippen molar-refractivity contribution >= 4 is 17.8 Å². The molecule has 0 bridgehead atoms. The molecule has 1 fully saturated rings. The normalized spacial score (nSPS) is 20.3. The molecule has 1 N–H and O–H groups in total. The van der Waals surface area contributed by atoms with Crippen LogP contribution < -0.4 is 5.32 Å². The van der Waals surface area contributed by atoms with Gasteiger partial charge in [0.15, 0.2) is 6.61 Å². The highest BCUT2D eigenvalue weighted by Gasteiger charge is 2.29. The van der Waals surface area contributed by atoms with E-state index in [1.165, 1.54) is 0 Å². The molecule has 2 amide bonds. The number of piperidine rings is 1. The van der Waals surface area contributed by atoms with E-state index in [1.807, 2.05) is 13.8 Å². The quantitative estimate of drug-likeness (QED) is 0.834. The van der Waals surface area contributed by atoms with Crippen LogP contribution in [-0.4, -0.2) is 47.9 Å². The van der Waals surface area contributed by atoms with Crippen LogP contribution in [0.5, 0.6) is 0 Å². The second kappa shape index (κ2) is 8.47. The molecule has 130 valence electrons. The van der Waals surface area contributed by atoms with Crippen LogP contribution in [-0.2, 0) is 14.3 Å². The summed E-state index contributed by atoms with van der Waals surface area (Å²) in [6.45, 7) is 3.48. The first-order chi connectivity index (χ1) is 11.5. The van der Waals surface area contributed by atoms with Crippen LogP contribution in [0.4, 0.5) is 0 Å². The van der Waals surface area contributed by atoms with Crippen molar-refractivity contribution < 1.29 is 19.1 Å². The SMILES string of the molecule is C[C@@H]1CCC[C@@H](C)N1C(=O)COC(=O)CNC(=O)c1ccccc1. The van der Waals surface area contributed by atoms with Gasteiger partial charge in [0, 0.05) is 17.6 Å². The van der Waals surface area contributed by atoms with Crippen LogP contribution in [0.1, 0.15) is 43.5 Å². The molecule has 0 aromatic heterocycles. The molecule has 6 nitrogen and oxygen atoms in total. The predicted octanol–water partition coefficient (Wildman–Crippen LogP) is 1.75. The first kappa shape index (κ1) is 18.0. The van der Waals surface area contributed by atoms with E-state index in [0.29, 0.717) is 5.56 Å². The number of nitrogens with one attached hydrogen (secondary N) is 1. The molecule has 0 aliphatic carbocycles. The van der Waals surface area contributed by atoms with E-state index in [1.54, 1.807) is 35.2 Å². The average Bonchev–Trinajstić information content (AvgIpc) is 2.58. The highest BCUT2D eigenvalue weighted by atomic mass is 16.5. The molecule has 24 heavy (non-hydrogen) atoms. The molecular formula is C18H24N2O4. The maximum absolute atomic E-state index is 12.2. The monoisotopic (exact) mass is 332 g/mol. The molecule has 0 spiro atoms. The lowest BCUT2D eigenvalue weighted by Gasteiger charge is -2.38. The third-order valence-electron chi connectivity index (χ3n) is 4.27. The number of carbonyl (C=O) groups excluding carboxylic acids is 3. The third kappa shape index (κ3) is 4.81. The van der Waals surface area contributed by atoms with Gasteiger partial charge in [0.05, 0.1) is 0 Å². The van der Waals surface area contributed by atoms with E-state index in [0.717, 1.165) is 19.3 Å². The van der Waals surface area contributed by atoms with Crippen LogP contribution in [0, 0.1) is 0 Å². The zero-order chi connectivity index (χ0) is 17.5. The molecular weight excluding hydrogens is 308 g/mol. The minimum atomic E-state index is -0.620. The number of benzene rings is 1. The summed E-state index contributed by atoms with van der Waals surface area (Å²) in [5, 5.41) is 2.48. The van der Waals surface area contributed by atoms with Gasteiger partial charge in [-0.15, -0.1) is 0 Å². The fourth-order valence-electron chi connectivity index (χ4n) is 3.02. The number of amides is 2. The van der Waals surface area contributed by atoms with Gasteiger partial charge in [-0.3, -0.25) is 14.4 Å². The lowest BCUT2D eigenvalue weighted by molar-refractivity contribution is -0.154. The van der Waals surface area contributed by atoms with Gasteiger partial charge in [0.2, 0.25) is 0 Å². The topological polar surface area (TPSA) is 75.7 Å². The minimum Gasteiger partial charge on any atom is -0.454 e. The Morgan fingerprint density at radius 2 is 1.75 bits per heavy atom. The van der Waals surface area contributed by atoms with Crippen molar-refractivity contribution in [1.29, 1.82) is 0 Å². The van der Waals surface area contributed by atoms with E-state index in [9.17, 15) is 14.4 Å². The summed E-state index contributed by atoms with van der Waals surface area (Å²) in [5.74, 6) is -1.15. The maximum atomic E-state index is 12.2. The zero-order valence-corrected chi connectivity index (χ0v) is 14.2. The van der Waals surface area contributed by atoms with Crippen LogP contribution in [0.25, 0.3) is 0 Å². The van der Waals surface area contributed by atoms with Gasteiger partial charge in [-0.1, -0.05) is 18.2 Å². The summed E-state index contributed by atoms with van der Waals surface area (Å²) < 4.78 is 5.00. The number of rotatable bonds is 5. The lowest BCUT2D eigenvalue weighted by Crippen LogP contribution is -2.49. The first-order valence-corrected chi connectivity index (χ1v) is 8.29. The summed E-state index contributed by atoms with van der Waals surface area (Å²) in [4.78, 5) is 37.6. The molecule has 1 aliphatic heterocycles. The number of nitrogens with zero attached hydrogens (tertiary/aromatic N) is 1. The first-order valence-electron chi connectivity index (χ1n) is 8.29. The highest BCUT2D eigenvalue weighted by Crippen LogP contribution is 2.22. The molecule has 1 aliphatic rings. The maximum Gasteiger partial charge on any atom is 0.325 e. The standard InChI is InChI=1S/C18H24N2O4/c1-13-7-6-8-14(2)20(13)16(21)12-24-17(22)11-19-18(23)15-9-4-3-5-10-15/h3-5,9-10,13-14H,6-8,11-12H2,1-2H3,(H,19,23)/t13-,14-/m1/s1. The molecule has 1 aromatic carbocycles. The molecule has 2 rings (SSSR count). The van der Waals surface area contributed by atoms with Crippen molar-refractivity contribution in [1.82, 2.24) is 10.2 Å². The summed E-state index contributed by atoms with van der Waals surface area (Å²) in [6, 6.07) is 8.93. The average molecular weight is 332 g/mol. The predicted molar refractivity (Wildman–Crippen MR) is 89.4 cm³/mol. The Kier molecular flexibility index (Phi) is 6.35. The smallest absolute Gasteiger partial charge is 0.325 e. The van der Waals surface area contributed by atoms with Crippen LogP contribution in [0.3, 0.4) is 0 Å². The van der Waals surface area contributed by atoms with E-state index in [4.69, 9.17) is 4.74 Å². The number of hydrogen-bond donors (Lipinski definition) is 1. The Labute approximate surface area is 142 Å². The largest absolute Gasteiger partial charge is 0.454 e. The van der Waals surface area contributed by atoms with E-state index < -0.39 is 5.97 Å². The third-order valence-corrected chi connectivity index (χ3v) is 4.27. The van der Waals surface area contributed by atoms with E-state index in [2.05, 4.69) is 5.32 Å². The Bertz CT molecular complexity index is 578.